The van der Waals surface area contributed by atoms with Crippen LogP contribution in [0.3, 0.4) is 0 Å². The van der Waals surface area contributed by atoms with Crippen LogP contribution in [0.4, 0.5) is 10.1 Å². The fraction of sp³-hybridized carbons (Fsp3) is 0.556. The smallest absolute Gasteiger partial charge is 0.316 e. The highest BCUT2D eigenvalue weighted by Gasteiger charge is 2.41. The van der Waals surface area contributed by atoms with Crippen molar-refractivity contribution in [2.75, 3.05) is 17.3 Å². The normalized spacial score (nSPS) is 15.5. The predicted octanol–water partition coefficient (Wildman–Crippen LogP) is 6.78. The van der Waals surface area contributed by atoms with Crippen molar-refractivity contribution in [1.82, 2.24) is 0 Å². The molecule has 1 aliphatic heterocycles. The summed E-state index contributed by atoms with van der Waals surface area (Å²) in [5.41, 5.74) is 0.466. The second kappa shape index (κ2) is 13.9. The lowest BCUT2D eigenvalue weighted by atomic mass is 9.93. The molecule has 0 saturated heterocycles. The van der Waals surface area contributed by atoms with Crippen molar-refractivity contribution in [3.63, 3.8) is 0 Å². The number of anilines is 1. The standard InChI is InChI=1S/C27H33ClFNO5S/c1-2-3-4-5-6-7-8-11-14-35-24(31)17-36-27(34)20-15-23(22(29)16-21(20)28)30-25(32)18-12-9-10-13-19(18)26(30)33/h15-16H,2-14,17H2,1H3. The van der Waals surface area contributed by atoms with Crippen molar-refractivity contribution in [2.45, 2.75) is 84.0 Å². The first-order chi connectivity index (χ1) is 17.3. The minimum atomic E-state index is -0.868. The van der Waals surface area contributed by atoms with Crippen LogP contribution in [-0.2, 0) is 19.1 Å². The van der Waals surface area contributed by atoms with Crippen molar-refractivity contribution >= 4 is 51.9 Å². The summed E-state index contributed by atoms with van der Waals surface area (Å²) in [4.78, 5) is 51.2. The first kappa shape index (κ1) is 28.4. The Morgan fingerprint density at radius 1 is 0.972 bits per heavy atom. The van der Waals surface area contributed by atoms with Gasteiger partial charge in [0.15, 0.2) is 0 Å². The Morgan fingerprint density at radius 2 is 1.56 bits per heavy atom. The fourth-order valence-electron chi connectivity index (χ4n) is 4.49. The number of hydrogen-bond donors (Lipinski definition) is 0. The van der Waals surface area contributed by atoms with E-state index in [1.54, 1.807) is 0 Å². The van der Waals surface area contributed by atoms with E-state index < -0.39 is 28.7 Å². The molecule has 36 heavy (non-hydrogen) atoms. The molecule has 0 saturated carbocycles. The third-order valence-electron chi connectivity index (χ3n) is 6.47. The quantitative estimate of drug-likeness (QED) is 0.157. The number of halogens is 2. The SMILES string of the molecule is CCCCCCCCCCOC(=O)CSC(=O)c1cc(N2C(=O)C3=C(CCCC3)C2=O)c(F)cc1Cl. The molecule has 1 aromatic carbocycles. The Balaban J connectivity index is 1.50. The van der Waals surface area contributed by atoms with Crippen molar-refractivity contribution in [3.05, 3.63) is 39.7 Å². The van der Waals surface area contributed by atoms with Gasteiger partial charge >= 0.3 is 5.97 Å². The molecule has 0 unspecified atom stereocenters. The van der Waals surface area contributed by atoms with Crippen molar-refractivity contribution < 1.29 is 28.3 Å². The van der Waals surface area contributed by atoms with Crippen LogP contribution in [0.5, 0.6) is 0 Å². The molecule has 9 heteroatoms. The zero-order valence-electron chi connectivity index (χ0n) is 20.7. The number of carbonyl (C=O) groups is 4. The number of imide groups is 1. The van der Waals surface area contributed by atoms with E-state index in [2.05, 4.69) is 6.92 Å². The second-order valence-electron chi connectivity index (χ2n) is 9.16. The summed E-state index contributed by atoms with van der Waals surface area (Å²) in [7, 11) is 0. The molecule has 1 aromatic rings. The summed E-state index contributed by atoms with van der Waals surface area (Å²) in [6, 6.07) is 2.04. The van der Waals surface area contributed by atoms with Gasteiger partial charge in [-0.3, -0.25) is 19.2 Å². The van der Waals surface area contributed by atoms with Crippen molar-refractivity contribution in [1.29, 1.82) is 0 Å². The Hall–Kier alpha value is -2.19. The summed E-state index contributed by atoms with van der Waals surface area (Å²) < 4.78 is 20.0. The van der Waals surface area contributed by atoms with Crippen LogP contribution in [0.2, 0.25) is 5.02 Å². The number of rotatable bonds is 13. The highest BCUT2D eigenvalue weighted by Crippen LogP contribution is 2.38. The minimum absolute atomic E-state index is 0.0700. The maximum Gasteiger partial charge on any atom is 0.316 e. The molecule has 2 aliphatic rings. The lowest BCUT2D eigenvalue weighted by molar-refractivity contribution is -0.140. The molecule has 0 fully saturated rings. The first-order valence-electron chi connectivity index (χ1n) is 12.8. The van der Waals surface area contributed by atoms with Gasteiger partial charge in [-0.1, -0.05) is 75.2 Å². The molecule has 1 aliphatic carbocycles. The Bertz CT molecular complexity index is 1010. The lowest BCUT2D eigenvalue weighted by Crippen LogP contribution is -2.32. The Labute approximate surface area is 221 Å². The lowest BCUT2D eigenvalue weighted by Gasteiger charge is -2.17. The van der Waals surface area contributed by atoms with Gasteiger partial charge in [0, 0.05) is 16.7 Å². The van der Waals surface area contributed by atoms with Crippen LogP contribution in [0.1, 0.15) is 94.3 Å². The number of carbonyl (C=O) groups excluding carboxylic acids is 4. The van der Waals surface area contributed by atoms with Crippen LogP contribution in [-0.4, -0.2) is 35.3 Å². The second-order valence-corrected chi connectivity index (χ2v) is 10.5. The molecule has 6 nitrogen and oxygen atoms in total. The van der Waals surface area contributed by atoms with Crippen molar-refractivity contribution in [2.24, 2.45) is 0 Å². The van der Waals surface area contributed by atoms with E-state index in [0.717, 1.165) is 49.1 Å². The summed E-state index contributed by atoms with van der Waals surface area (Å²) >= 11 is 6.79. The molecule has 0 bridgehead atoms. The number of hydrogen-bond acceptors (Lipinski definition) is 6. The third-order valence-corrected chi connectivity index (χ3v) is 7.64. The number of unbranched alkanes of at least 4 members (excludes halogenated alkanes) is 7. The first-order valence-corrected chi connectivity index (χ1v) is 14.1. The van der Waals surface area contributed by atoms with E-state index in [4.69, 9.17) is 16.3 Å². The molecule has 2 amide bonds. The van der Waals surface area contributed by atoms with E-state index in [1.165, 1.54) is 32.1 Å². The highest BCUT2D eigenvalue weighted by molar-refractivity contribution is 8.14. The van der Waals surface area contributed by atoms with Crippen LogP contribution < -0.4 is 4.90 Å². The van der Waals surface area contributed by atoms with Crippen molar-refractivity contribution in [3.8, 4) is 0 Å². The molecule has 1 heterocycles. The predicted molar refractivity (Wildman–Crippen MR) is 140 cm³/mol. The number of thioether (sulfide) groups is 1. The van der Waals surface area contributed by atoms with Gasteiger partial charge in [0.25, 0.3) is 11.8 Å². The van der Waals surface area contributed by atoms with E-state index in [-0.39, 0.29) is 22.0 Å². The van der Waals surface area contributed by atoms with Crippen LogP contribution in [0, 0.1) is 5.82 Å². The summed E-state index contributed by atoms with van der Waals surface area (Å²) in [6.07, 6.45) is 11.6. The number of ether oxygens (including phenoxy) is 1. The van der Waals surface area contributed by atoms with E-state index >= 15 is 0 Å². The van der Waals surface area contributed by atoms with E-state index in [1.807, 2.05) is 0 Å². The zero-order valence-corrected chi connectivity index (χ0v) is 22.3. The Morgan fingerprint density at radius 3 is 2.17 bits per heavy atom. The van der Waals surface area contributed by atoms with Gasteiger partial charge in [-0.25, -0.2) is 9.29 Å². The largest absolute Gasteiger partial charge is 0.465 e. The molecule has 0 N–H and O–H groups in total. The van der Waals surface area contributed by atoms with Gasteiger partial charge in [-0.05, 0) is 44.2 Å². The number of nitrogens with zero attached hydrogens (tertiary/aromatic N) is 1. The molecule has 0 spiro atoms. The van der Waals surface area contributed by atoms with Crippen LogP contribution in [0.25, 0.3) is 0 Å². The number of esters is 1. The van der Waals surface area contributed by atoms with Gasteiger partial charge in [-0.2, -0.15) is 0 Å². The number of amides is 2. The average Bonchev–Trinajstić information content (AvgIpc) is 3.11. The van der Waals surface area contributed by atoms with Gasteiger partial charge in [0.1, 0.15) is 5.82 Å². The molecule has 0 aromatic heterocycles. The molecular formula is C27H33ClFNO5S. The monoisotopic (exact) mass is 537 g/mol. The Kier molecular flexibility index (Phi) is 11.0. The molecule has 0 radical (unpaired) electrons. The molecule has 0 atom stereocenters. The highest BCUT2D eigenvalue weighted by atomic mass is 35.5. The molecule has 196 valence electrons. The van der Waals surface area contributed by atoms with Gasteiger partial charge in [0.2, 0.25) is 5.12 Å². The fourth-order valence-corrected chi connectivity index (χ4v) is 5.44. The summed E-state index contributed by atoms with van der Waals surface area (Å²) in [5.74, 6) is -2.70. The maximum atomic E-state index is 14.7. The van der Waals surface area contributed by atoms with Gasteiger partial charge in [-0.15, -0.1) is 0 Å². The molecular weight excluding hydrogens is 505 g/mol. The van der Waals surface area contributed by atoms with Crippen LogP contribution in [0.15, 0.2) is 23.3 Å². The topological polar surface area (TPSA) is 80.8 Å². The van der Waals surface area contributed by atoms with E-state index in [9.17, 15) is 23.6 Å². The van der Waals surface area contributed by atoms with E-state index in [0.29, 0.717) is 42.4 Å². The molecule has 3 rings (SSSR count). The minimum Gasteiger partial charge on any atom is -0.465 e. The van der Waals surface area contributed by atoms with Gasteiger partial charge < -0.3 is 4.74 Å². The van der Waals surface area contributed by atoms with Gasteiger partial charge in [0.05, 0.1) is 23.1 Å². The zero-order chi connectivity index (χ0) is 26.1. The summed E-state index contributed by atoms with van der Waals surface area (Å²) in [6.45, 7) is 2.49. The number of benzene rings is 1. The maximum absolute atomic E-state index is 14.7. The summed E-state index contributed by atoms with van der Waals surface area (Å²) in [5, 5.41) is -0.722. The average molecular weight is 538 g/mol. The third kappa shape index (κ3) is 7.19. The van der Waals surface area contributed by atoms with Crippen LogP contribution >= 0.6 is 23.4 Å².